The van der Waals surface area contributed by atoms with Gasteiger partial charge in [0.1, 0.15) is 12.1 Å². The van der Waals surface area contributed by atoms with Gasteiger partial charge in [0.25, 0.3) is 0 Å². The van der Waals surface area contributed by atoms with E-state index in [0.29, 0.717) is 25.0 Å². The molecule has 0 unspecified atom stereocenters. The fourth-order valence-corrected chi connectivity index (χ4v) is 1.83. The summed E-state index contributed by atoms with van der Waals surface area (Å²) < 4.78 is 8.91. The first-order valence-corrected chi connectivity index (χ1v) is 8.84. The lowest BCUT2D eigenvalue weighted by Gasteiger charge is -2.09. The maximum absolute atomic E-state index is 11.7. The molecule has 0 spiro atoms. The number of carbonyl (C=O) groups excluding carboxylic acids is 4. The van der Waals surface area contributed by atoms with E-state index in [1.807, 2.05) is 0 Å². The summed E-state index contributed by atoms with van der Waals surface area (Å²) in [6, 6.07) is -2.16. The number of rotatable bonds is 12. The molecule has 16 nitrogen and oxygen atoms in total. The molecule has 0 aromatic carbocycles. The van der Waals surface area contributed by atoms with Crippen molar-refractivity contribution in [1.82, 2.24) is 0 Å². The van der Waals surface area contributed by atoms with Gasteiger partial charge in [-0.25, -0.2) is 19.2 Å². The van der Waals surface area contributed by atoms with Crippen molar-refractivity contribution < 1.29 is 39.6 Å². The van der Waals surface area contributed by atoms with Crippen molar-refractivity contribution in [2.75, 3.05) is 13.1 Å². The summed E-state index contributed by atoms with van der Waals surface area (Å²) in [5, 5.41) is 0. The van der Waals surface area contributed by atoms with Gasteiger partial charge in [-0.15, -0.1) is 0 Å². The first kappa shape index (κ1) is 33.0. The van der Waals surface area contributed by atoms with Gasteiger partial charge >= 0.3 is 23.9 Å². The third kappa shape index (κ3) is 17.3. The molecule has 0 saturated carbocycles. The molecule has 0 rings (SSSR count). The van der Waals surface area contributed by atoms with E-state index in [1.165, 1.54) is 0 Å². The number of esters is 4. The summed E-state index contributed by atoms with van der Waals surface area (Å²) in [6.07, 6.45) is 2.35. The molecule has 0 amide bonds. The van der Waals surface area contributed by atoms with Crippen LogP contribution in [0.2, 0.25) is 0 Å². The predicted molar refractivity (Wildman–Crippen MR) is 114 cm³/mol. The third-order valence-electron chi connectivity index (χ3n) is 3.30. The molecule has 0 bridgehead atoms. The largest absolute Gasteiger partial charge is 0.412 e. The SMILES string of the molecule is NC(N)=NCCC[C@H](N)C(=O)OC(=O)/C=C\C(=O)OC(=O)[C@@H](N)CCCN=C(N)N.O.O. The van der Waals surface area contributed by atoms with E-state index in [2.05, 4.69) is 19.5 Å². The first-order chi connectivity index (χ1) is 14.0. The highest BCUT2D eigenvalue weighted by atomic mass is 16.6. The van der Waals surface area contributed by atoms with E-state index < -0.39 is 36.0 Å². The molecule has 0 aromatic rings. The quantitative estimate of drug-likeness (QED) is 0.0394. The van der Waals surface area contributed by atoms with E-state index in [-0.39, 0.29) is 48.8 Å². The van der Waals surface area contributed by atoms with Crippen molar-refractivity contribution in [3.05, 3.63) is 12.2 Å². The van der Waals surface area contributed by atoms with E-state index in [4.69, 9.17) is 34.4 Å². The summed E-state index contributed by atoms with van der Waals surface area (Å²) in [7, 11) is 0. The number of ether oxygens (including phenoxy) is 2. The lowest BCUT2D eigenvalue weighted by molar-refractivity contribution is -0.160. The molecule has 0 radical (unpaired) electrons. The van der Waals surface area contributed by atoms with Crippen LogP contribution in [-0.4, -0.2) is 71.9 Å². The Balaban J connectivity index is -0.00000420. The summed E-state index contributed by atoms with van der Waals surface area (Å²) >= 11 is 0. The normalized spacial score (nSPS) is 11.7. The molecule has 0 aliphatic heterocycles. The molecule has 16 N–H and O–H groups in total. The minimum Gasteiger partial charge on any atom is -0.412 e. The van der Waals surface area contributed by atoms with Gasteiger partial charge in [-0.05, 0) is 25.7 Å². The number of carbonyl (C=O) groups is 4. The predicted octanol–water partition coefficient (Wildman–Crippen LogP) is -5.21. The van der Waals surface area contributed by atoms with Gasteiger partial charge in [0.15, 0.2) is 11.9 Å². The lowest BCUT2D eigenvalue weighted by atomic mass is 10.2. The molecular weight excluding hydrogens is 432 g/mol. The second kappa shape index (κ2) is 18.2. The molecule has 0 aromatic heterocycles. The molecule has 16 heteroatoms. The van der Waals surface area contributed by atoms with Crippen LogP contribution >= 0.6 is 0 Å². The number of hydrogen-bond donors (Lipinski definition) is 6. The lowest BCUT2D eigenvalue weighted by Crippen LogP contribution is -2.34. The maximum Gasteiger partial charge on any atom is 0.338 e. The van der Waals surface area contributed by atoms with E-state index in [0.717, 1.165) is 0 Å². The Hall–Kier alpha value is -3.60. The second-order valence-corrected chi connectivity index (χ2v) is 5.92. The van der Waals surface area contributed by atoms with Crippen molar-refractivity contribution in [3.8, 4) is 0 Å². The zero-order valence-corrected chi connectivity index (χ0v) is 17.4. The molecule has 2 atom stereocenters. The van der Waals surface area contributed by atoms with Gasteiger partial charge in [0, 0.05) is 25.2 Å². The van der Waals surface area contributed by atoms with Crippen molar-refractivity contribution in [3.63, 3.8) is 0 Å². The standard InChI is InChI=1S/C16H28N8O6.2H2O/c17-9(3-1-7-23-15(19)20)13(27)29-11(25)5-6-12(26)30-14(28)10(18)4-2-8-24-16(21)22;;/h5-6,9-10H,1-4,7-8,17-18H2,(H4,19,20,23)(H4,21,22,24);2*1H2/b6-5-;;/t9-,10-;;/m0../s1. The zero-order chi connectivity index (χ0) is 23.1. The summed E-state index contributed by atoms with van der Waals surface area (Å²) in [4.78, 5) is 53.8. The van der Waals surface area contributed by atoms with E-state index >= 15 is 0 Å². The van der Waals surface area contributed by atoms with Gasteiger partial charge in [-0.3, -0.25) is 9.98 Å². The minimum absolute atomic E-state index is 0. The molecule has 0 aliphatic carbocycles. The number of hydrogen-bond acceptors (Lipinski definition) is 10. The van der Waals surface area contributed by atoms with Crippen LogP contribution < -0.4 is 34.4 Å². The Bertz CT molecular complexity index is 644. The Morgan fingerprint density at radius 2 is 1.00 bits per heavy atom. The van der Waals surface area contributed by atoms with Crippen molar-refractivity contribution >= 4 is 35.8 Å². The molecular formula is C16H32N8O8. The van der Waals surface area contributed by atoms with Crippen LogP contribution in [0.5, 0.6) is 0 Å². The topological polar surface area (TPSA) is 331 Å². The molecule has 184 valence electrons. The van der Waals surface area contributed by atoms with Gasteiger partial charge in [0.05, 0.1) is 0 Å². The van der Waals surface area contributed by atoms with Gasteiger partial charge in [0.2, 0.25) is 0 Å². The maximum atomic E-state index is 11.7. The zero-order valence-electron chi connectivity index (χ0n) is 17.4. The summed E-state index contributed by atoms with van der Waals surface area (Å²) in [5.41, 5.74) is 31.7. The molecule has 0 aliphatic rings. The Labute approximate surface area is 183 Å². The van der Waals surface area contributed by atoms with Gasteiger partial charge in [-0.1, -0.05) is 0 Å². The van der Waals surface area contributed by atoms with Crippen LogP contribution in [-0.2, 0) is 28.7 Å². The van der Waals surface area contributed by atoms with Crippen molar-refractivity contribution in [2.45, 2.75) is 37.8 Å². The van der Waals surface area contributed by atoms with Crippen LogP contribution in [0.15, 0.2) is 22.1 Å². The molecule has 0 heterocycles. The fraction of sp³-hybridized carbons (Fsp3) is 0.500. The number of nitrogens with zero attached hydrogens (tertiary/aromatic N) is 2. The van der Waals surface area contributed by atoms with Crippen LogP contribution in [0.3, 0.4) is 0 Å². The average molecular weight is 464 g/mol. The molecule has 0 saturated heterocycles. The highest BCUT2D eigenvalue weighted by Crippen LogP contribution is 2.00. The Kier molecular flexibility index (Phi) is 18.8. The highest BCUT2D eigenvalue weighted by molar-refractivity contribution is 6.00. The van der Waals surface area contributed by atoms with Crippen LogP contribution in [0.4, 0.5) is 0 Å². The van der Waals surface area contributed by atoms with Gasteiger partial charge in [-0.2, -0.15) is 0 Å². The second-order valence-electron chi connectivity index (χ2n) is 5.92. The van der Waals surface area contributed by atoms with E-state index in [1.54, 1.807) is 0 Å². The number of aliphatic imine (C=N–C) groups is 2. The third-order valence-corrected chi connectivity index (χ3v) is 3.30. The Morgan fingerprint density at radius 1 is 0.688 bits per heavy atom. The number of nitrogens with two attached hydrogens (primary N) is 6. The monoisotopic (exact) mass is 464 g/mol. The highest BCUT2D eigenvalue weighted by Gasteiger charge is 2.19. The summed E-state index contributed by atoms with van der Waals surface area (Å²) in [6.45, 7) is 0.515. The first-order valence-electron chi connectivity index (χ1n) is 8.84. The molecule has 32 heavy (non-hydrogen) atoms. The van der Waals surface area contributed by atoms with E-state index in [9.17, 15) is 19.2 Å². The van der Waals surface area contributed by atoms with Crippen LogP contribution in [0.25, 0.3) is 0 Å². The minimum atomic E-state index is -1.16. The van der Waals surface area contributed by atoms with Crippen LogP contribution in [0.1, 0.15) is 25.7 Å². The average Bonchev–Trinajstić information content (AvgIpc) is 2.66. The van der Waals surface area contributed by atoms with Gasteiger partial charge < -0.3 is 54.8 Å². The summed E-state index contributed by atoms with van der Waals surface area (Å²) in [5.74, 6) is -4.51. The van der Waals surface area contributed by atoms with Crippen molar-refractivity contribution in [1.29, 1.82) is 0 Å². The van der Waals surface area contributed by atoms with Crippen molar-refractivity contribution in [2.24, 2.45) is 44.4 Å². The molecule has 0 fully saturated rings. The Morgan fingerprint density at radius 3 is 1.28 bits per heavy atom. The smallest absolute Gasteiger partial charge is 0.338 e. The fourth-order valence-electron chi connectivity index (χ4n) is 1.83. The number of guanidine groups is 2. The van der Waals surface area contributed by atoms with Crippen LogP contribution in [0, 0.1) is 0 Å².